The highest BCUT2D eigenvalue weighted by atomic mass is 19.1. The number of hydrogen-bond acceptors (Lipinski definition) is 7. The fraction of sp³-hybridized carbons (Fsp3) is 0.483. The standard InChI is InChI=1S/C29H32F2N6O3/c30-18-9-10-20(22(31)16-18)28-34-25(36-40-28)27(39)33-23-11-15-37(19-6-2-1-3-7-19)17-21(23)26(38)35-29(12-13-29)24-8-4-5-14-32-24/h4-5,8-10,14,16,19,21,23H,1-3,6-7,11-13,15,17H2,(H,33,39)(H,35,38)/t21-,23-/m1/s1. The van der Waals surface area contributed by atoms with Gasteiger partial charge in [0.15, 0.2) is 0 Å². The molecule has 0 bridgehead atoms. The Bertz CT molecular complexity index is 1370. The smallest absolute Gasteiger partial charge is 0.292 e. The van der Waals surface area contributed by atoms with Gasteiger partial charge in [-0.1, -0.05) is 30.5 Å². The molecule has 3 fully saturated rings. The van der Waals surface area contributed by atoms with E-state index in [2.05, 4.69) is 30.7 Å². The van der Waals surface area contributed by atoms with E-state index in [1.54, 1.807) is 6.20 Å². The predicted molar refractivity (Wildman–Crippen MR) is 141 cm³/mol. The molecule has 3 heterocycles. The van der Waals surface area contributed by atoms with Gasteiger partial charge in [-0.15, -0.1) is 0 Å². The molecule has 210 valence electrons. The van der Waals surface area contributed by atoms with E-state index in [1.807, 2.05) is 18.2 Å². The van der Waals surface area contributed by atoms with Crippen molar-refractivity contribution in [3.8, 4) is 11.5 Å². The first-order valence-electron chi connectivity index (χ1n) is 14.0. The van der Waals surface area contributed by atoms with Gasteiger partial charge < -0.3 is 15.2 Å². The van der Waals surface area contributed by atoms with Gasteiger partial charge >= 0.3 is 0 Å². The lowest BCUT2D eigenvalue weighted by molar-refractivity contribution is -0.129. The zero-order valence-corrected chi connectivity index (χ0v) is 22.1. The molecule has 1 saturated heterocycles. The maximum atomic E-state index is 14.2. The van der Waals surface area contributed by atoms with Gasteiger partial charge in [-0.05, 0) is 56.4 Å². The van der Waals surface area contributed by atoms with Crippen LogP contribution in [0.1, 0.15) is 67.7 Å². The fourth-order valence-electron chi connectivity index (χ4n) is 6.06. The molecule has 2 aliphatic carbocycles. The van der Waals surface area contributed by atoms with E-state index < -0.39 is 35.0 Å². The van der Waals surface area contributed by atoms with E-state index in [1.165, 1.54) is 25.3 Å². The van der Waals surface area contributed by atoms with Crippen molar-refractivity contribution < 1.29 is 22.9 Å². The number of halogens is 2. The lowest BCUT2D eigenvalue weighted by Crippen LogP contribution is -2.58. The molecule has 2 atom stereocenters. The van der Waals surface area contributed by atoms with Crippen LogP contribution >= 0.6 is 0 Å². The zero-order chi connectivity index (χ0) is 27.7. The lowest BCUT2D eigenvalue weighted by Gasteiger charge is -2.43. The Kier molecular flexibility index (Phi) is 7.31. The number of nitrogens with one attached hydrogen (secondary N) is 2. The maximum absolute atomic E-state index is 14.2. The van der Waals surface area contributed by atoms with Crippen molar-refractivity contribution in [3.63, 3.8) is 0 Å². The molecule has 2 amide bonds. The largest absolute Gasteiger partial charge is 0.346 e. The average Bonchev–Trinajstić information content (AvgIpc) is 3.59. The molecule has 1 aliphatic heterocycles. The third-order valence-electron chi connectivity index (χ3n) is 8.45. The number of aromatic nitrogens is 3. The molecule has 2 N–H and O–H groups in total. The minimum atomic E-state index is -0.871. The van der Waals surface area contributed by atoms with E-state index in [-0.39, 0.29) is 23.2 Å². The SMILES string of the molecule is O=C(N[C@@H]1CCN(C2CCCCC2)C[C@H]1C(=O)NC1(c2ccccn2)CC1)c1noc(-c2ccc(F)cc2F)n1. The minimum Gasteiger partial charge on any atom is -0.346 e. The normalized spacial score (nSPS) is 22.9. The van der Waals surface area contributed by atoms with Gasteiger partial charge in [-0.2, -0.15) is 4.98 Å². The van der Waals surface area contributed by atoms with E-state index >= 15 is 0 Å². The molecule has 3 aliphatic rings. The molecule has 2 saturated carbocycles. The number of carbonyl (C=O) groups is 2. The Morgan fingerprint density at radius 2 is 1.88 bits per heavy atom. The monoisotopic (exact) mass is 550 g/mol. The van der Waals surface area contributed by atoms with Crippen molar-refractivity contribution in [1.29, 1.82) is 0 Å². The van der Waals surface area contributed by atoms with Crippen molar-refractivity contribution >= 4 is 11.8 Å². The topological polar surface area (TPSA) is 113 Å². The maximum Gasteiger partial charge on any atom is 0.292 e. The molecule has 0 radical (unpaired) electrons. The Morgan fingerprint density at radius 1 is 1.05 bits per heavy atom. The molecule has 11 heteroatoms. The summed E-state index contributed by atoms with van der Waals surface area (Å²) in [5.74, 6) is -3.33. The number of likely N-dealkylation sites (tertiary alicyclic amines) is 1. The van der Waals surface area contributed by atoms with E-state index in [0.29, 0.717) is 25.1 Å². The van der Waals surface area contributed by atoms with Gasteiger partial charge in [0, 0.05) is 37.4 Å². The van der Waals surface area contributed by atoms with Crippen molar-refractivity contribution in [2.24, 2.45) is 5.92 Å². The first-order valence-corrected chi connectivity index (χ1v) is 14.0. The van der Waals surface area contributed by atoms with Crippen LogP contribution in [0.3, 0.4) is 0 Å². The molecule has 40 heavy (non-hydrogen) atoms. The van der Waals surface area contributed by atoms with Gasteiger partial charge in [-0.3, -0.25) is 19.5 Å². The first kappa shape index (κ1) is 26.5. The van der Waals surface area contributed by atoms with Gasteiger partial charge in [0.1, 0.15) is 11.6 Å². The summed E-state index contributed by atoms with van der Waals surface area (Å²) < 4.78 is 32.6. The van der Waals surface area contributed by atoms with Crippen molar-refractivity contribution in [2.45, 2.75) is 69.0 Å². The molecule has 0 unspecified atom stereocenters. The zero-order valence-electron chi connectivity index (χ0n) is 22.1. The summed E-state index contributed by atoms with van der Waals surface area (Å²) in [5.41, 5.74) is 0.272. The second kappa shape index (κ2) is 11.0. The van der Waals surface area contributed by atoms with Crippen LogP contribution in [0.2, 0.25) is 0 Å². The number of piperidine rings is 1. The van der Waals surface area contributed by atoms with E-state index in [0.717, 1.165) is 44.0 Å². The molecule has 0 spiro atoms. The highest BCUT2D eigenvalue weighted by Gasteiger charge is 2.49. The lowest BCUT2D eigenvalue weighted by atomic mass is 9.86. The Hall–Kier alpha value is -3.73. The van der Waals surface area contributed by atoms with Crippen LogP contribution in [0.5, 0.6) is 0 Å². The second-order valence-corrected chi connectivity index (χ2v) is 11.1. The summed E-state index contributed by atoms with van der Waals surface area (Å²) in [4.78, 5) is 37.9. The minimum absolute atomic E-state index is 0.102. The van der Waals surface area contributed by atoms with Crippen LogP contribution < -0.4 is 10.6 Å². The van der Waals surface area contributed by atoms with Crippen LogP contribution in [0.4, 0.5) is 8.78 Å². The van der Waals surface area contributed by atoms with Crippen molar-refractivity contribution in [3.05, 3.63) is 65.7 Å². The van der Waals surface area contributed by atoms with Crippen LogP contribution in [0.15, 0.2) is 47.1 Å². The molecular formula is C29H32F2N6O3. The Labute approximate surface area is 230 Å². The number of amides is 2. The second-order valence-electron chi connectivity index (χ2n) is 11.1. The average molecular weight is 551 g/mol. The van der Waals surface area contributed by atoms with Gasteiger partial charge in [0.05, 0.1) is 22.7 Å². The van der Waals surface area contributed by atoms with E-state index in [4.69, 9.17) is 4.52 Å². The van der Waals surface area contributed by atoms with Crippen LogP contribution in [0.25, 0.3) is 11.5 Å². The number of hydrogen-bond donors (Lipinski definition) is 2. The number of pyridine rings is 1. The molecule has 9 nitrogen and oxygen atoms in total. The molecule has 3 aromatic rings. The van der Waals surface area contributed by atoms with Gasteiger partial charge in [0.2, 0.25) is 5.91 Å². The predicted octanol–water partition coefficient (Wildman–Crippen LogP) is 3.97. The third kappa shape index (κ3) is 5.47. The quantitative estimate of drug-likeness (QED) is 0.458. The summed E-state index contributed by atoms with van der Waals surface area (Å²) in [5, 5.41) is 9.91. The Morgan fingerprint density at radius 3 is 2.60 bits per heavy atom. The molecule has 2 aromatic heterocycles. The summed E-state index contributed by atoms with van der Waals surface area (Å²) in [6.45, 7) is 1.31. The van der Waals surface area contributed by atoms with Crippen LogP contribution in [-0.4, -0.2) is 57.0 Å². The summed E-state index contributed by atoms with van der Waals surface area (Å²) in [6.07, 6.45) is 9.82. The number of rotatable bonds is 7. The van der Waals surface area contributed by atoms with Gasteiger partial charge in [0.25, 0.3) is 17.6 Å². The number of carbonyl (C=O) groups excluding carboxylic acids is 2. The highest BCUT2D eigenvalue weighted by Crippen LogP contribution is 2.45. The van der Waals surface area contributed by atoms with Crippen molar-refractivity contribution in [2.75, 3.05) is 13.1 Å². The van der Waals surface area contributed by atoms with Crippen LogP contribution in [-0.2, 0) is 10.3 Å². The van der Waals surface area contributed by atoms with Crippen LogP contribution in [0, 0.1) is 17.6 Å². The number of nitrogens with zero attached hydrogens (tertiary/aromatic N) is 4. The molecule has 6 rings (SSSR count). The first-order chi connectivity index (χ1) is 19.4. The molecular weight excluding hydrogens is 518 g/mol. The summed E-state index contributed by atoms with van der Waals surface area (Å²) in [7, 11) is 0. The number of benzene rings is 1. The van der Waals surface area contributed by atoms with Crippen molar-refractivity contribution in [1.82, 2.24) is 30.7 Å². The summed E-state index contributed by atoms with van der Waals surface area (Å²) >= 11 is 0. The summed E-state index contributed by atoms with van der Waals surface area (Å²) in [6, 6.07) is 8.65. The molecule has 1 aromatic carbocycles. The fourth-order valence-corrected chi connectivity index (χ4v) is 6.06. The van der Waals surface area contributed by atoms with Gasteiger partial charge in [-0.25, -0.2) is 8.78 Å². The third-order valence-corrected chi connectivity index (χ3v) is 8.45. The highest BCUT2D eigenvalue weighted by molar-refractivity contribution is 5.91. The van der Waals surface area contributed by atoms with E-state index in [9.17, 15) is 18.4 Å². The Balaban J connectivity index is 1.19.